The molecule has 234 valence electrons. The van der Waals surface area contributed by atoms with Gasteiger partial charge in [-0.3, -0.25) is 0 Å². The summed E-state index contributed by atoms with van der Waals surface area (Å²) >= 11 is 0. The Morgan fingerprint density at radius 3 is 1.07 bits per heavy atom. The third kappa shape index (κ3) is 14.0. The monoisotopic (exact) mass is 594 g/mol. The highest BCUT2D eigenvalue weighted by Crippen LogP contribution is 2.16. The quantitative estimate of drug-likeness (QED) is 0.101. The second-order valence-corrected chi connectivity index (χ2v) is 12.2. The molecule has 0 N–H and O–H groups in total. The van der Waals surface area contributed by atoms with Crippen LogP contribution < -0.4 is 0 Å². The van der Waals surface area contributed by atoms with E-state index in [1.165, 1.54) is 114 Å². The summed E-state index contributed by atoms with van der Waals surface area (Å²) in [6.07, 6.45) is 23.1. The van der Waals surface area contributed by atoms with Crippen LogP contribution in [0.2, 0.25) is 0 Å². The third-order valence-electron chi connectivity index (χ3n) is 8.29. The molecule has 44 heavy (non-hydrogen) atoms. The summed E-state index contributed by atoms with van der Waals surface area (Å²) in [6, 6.07) is 18.5. The maximum Gasteiger partial charge on any atom is 0.140 e. The van der Waals surface area contributed by atoms with Crippen molar-refractivity contribution < 1.29 is 8.78 Å². The van der Waals surface area contributed by atoms with Crippen LogP contribution in [0.15, 0.2) is 60.7 Å². The topological polar surface area (TPSA) is 0 Å². The van der Waals surface area contributed by atoms with Gasteiger partial charge in [0.05, 0.1) is 11.1 Å². The molecule has 0 spiro atoms. The van der Waals surface area contributed by atoms with Gasteiger partial charge in [0.2, 0.25) is 0 Å². The third-order valence-corrected chi connectivity index (χ3v) is 8.29. The first kappa shape index (κ1) is 35.1. The molecule has 0 amide bonds. The van der Waals surface area contributed by atoms with E-state index in [1.54, 1.807) is 0 Å². The lowest BCUT2D eigenvalue weighted by Gasteiger charge is -2.03. The molecule has 0 saturated carbocycles. The molecule has 0 aliphatic rings. The lowest BCUT2D eigenvalue weighted by Crippen LogP contribution is -1.92. The van der Waals surface area contributed by atoms with Crippen LogP contribution >= 0.6 is 0 Å². The minimum atomic E-state index is -0.560. The molecule has 0 heterocycles. The highest BCUT2D eigenvalue weighted by Gasteiger charge is 2.07. The number of hydrogen-bond acceptors (Lipinski definition) is 0. The fourth-order valence-corrected chi connectivity index (χ4v) is 5.45. The number of unbranched alkanes of at least 4 members (excludes halogenated alkanes) is 14. The molecule has 3 aromatic carbocycles. The predicted octanol–water partition coefficient (Wildman–Crippen LogP) is 12.1. The smallest absolute Gasteiger partial charge is 0.140 e. The molecule has 0 aliphatic carbocycles. The molecule has 0 nitrogen and oxygen atoms in total. The zero-order valence-electron chi connectivity index (χ0n) is 27.3. The largest absolute Gasteiger partial charge is 0.206 e. The van der Waals surface area contributed by atoms with E-state index in [1.807, 2.05) is 24.3 Å². The standard InChI is InChI=1S/C42H52F2/c1-3-5-7-9-11-13-15-17-19-35-21-25-37(26-22-35)29-31-39-33-42(44)40(34-41(39)43)32-30-38-27-23-36(24-28-38)20-18-16-14-12-10-8-6-4-2/h21-28,33-34H,3-20H2,1-2H3. The molecule has 0 aliphatic heterocycles. The summed E-state index contributed by atoms with van der Waals surface area (Å²) in [5.74, 6) is 10.4. The maximum atomic E-state index is 14.8. The second-order valence-electron chi connectivity index (χ2n) is 12.2. The Morgan fingerprint density at radius 2 is 0.727 bits per heavy atom. The summed E-state index contributed by atoms with van der Waals surface area (Å²) in [4.78, 5) is 0. The summed E-state index contributed by atoms with van der Waals surface area (Å²) in [5, 5.41) is 0. The second kappa shape index (κ2) is 21.4. The van der Waals surface area contributed by atoms with E-state index >= 15 is 0 Å². The highest BCUT2D eigenvalue weighted by atomic mass is 19.1. The van der Waals surface area contributed by atoms with Crippen molar-refractivity contribution in [3.05, 3.63) is 106 Å². The lowest BCUT2D eigenvalue weighted by atomic mass is 10.0. The van der Waals surface area contributed by atoms with Crippen LogP contribution in [0.4, 0.5) is 8.78 Å². The SMILES string of the molecule is CCCCCCCCCCc1ccc(C#Cc2cc(F)c(C#Cc3ccc(CCCCCCCCCC)cc3)cc2F)cc1. The molecule has 3 aromatic rings. The molecular formula is C42H52F2. The number of halogens is 2. The molecule has 0 fully saturated rings. The van der Waals surface area contributed by atoms with Crippen LogP contribution in [0.5, 0.6) is 0 Å². The van der Waals surface area contributed by atoms with Crippen LogP contribution in [-0.4, -0.2) is 0 Å². The van der Waals surface area contributed by atoms with Crippen molar-refractivity contribution in [1.82, 2.24) is 0 Å². The van der Waals surface area contributed by atoms with Gasteiger partial charge in [-0.25, -0.2) is 8.78 Å². The van der Waals surface area contributed by atoms with Crippen molar-refractivity contribution >= 4 is 0 Å². The average Bonchev–Trinajstić information content (AvgIpc) is 3.04. The lowest BCUT2D eigenvalue weighted by molar-refractivity contribution is 0.575. The first-order valence-electron chi connectivity index (χ1n) is 17.3. The Balaban J connectivity index is 1.45. The average molecular weight is 595 g/mol. The molecule has 0 atom stereocenters. The molecule has 0 saturated heterocycles. The molecular weight excluding hydrogens is 542 g/mol. The molecule has 0 radical (unpaired) electrons. The van der Waals surface area contributed by atoms with Crippen molar-refractivity contribution in [2.45, 2.75) is 129 Å². The van der Waals surface area contributed by atoms with E-state index in [4.69, 9.17) is 0 Å². The van der Waals surface area contributed by atoms with Gasteiger partial charge >= 0.3 is 0 Å². The Labute approximate surface area is 267 Å². The number of benzene rings is 3. The number of rotatable bonds is 18. The van der Waals surface area contributed by atoms with Gasteiger partial charge in [0.1, 0.15) is 11.6 Å². The number of hydrogen-bond donors (Lipinski definition) is 0. The molecule has 3 rings (SSSR count). The van der Waals surface area contributed by atoms with E-state index in [0.29, 0.717) is 0 Å². The first-order valence-corrected chi connectivity index (χ1v) is 17.3. The van der Waals surface area contributed by atoms with Crippen LogP contribution in [-0.2, 0) is 12.8 Å². The van der Waals surface area contributed by atoms with Crippen LogP contribution in [0.25, 0.3) is 0 Å². The molecule has 0 aromatic heterocycles. The summed E-state index contributed by atoms with van der Waals surface area (Å²) in [6.45, 7) is 4.50. The molecule has 2 heteroatoms. The zero-order valence-corrected chi connectivity index (χ0v) is 27.3. The first-order chi connectivity index (χ1) is 21.6. The van der Waals surface area contributed by atoms with Gasteiger partial charge in [-0.15, -0.1) is 0 Å². The summed E-state index contributed by atoms with van der Waals surface area (Å²) in [7, 11) is 0. The van der Waals surface area contributed by atoms with Gasteiger partial charge in [-0.1, -0.05) is 152 Å². The van der Waals surface area contributed by atoms with Gasteiger partial charge in [-0.05, 0) is 73.2 Å². The van der Waals surface area contributed by atoms with Crippen molar-refractivity contribution in [2.75, 3.05) is 0 Å². The van der Waals surface area contributed by atoms with E-state index in [2.05, 4.69) is 61.8 Å². The van der Waals surface area contributed by atoms with Crippen molar-refractivity contribution in [3.8, 4) is 23.7 Å². The van der Waals surface area contributed by atoms with Gasteiger partial charge in [0.25, 0.3) is 0 Å². The zero-order chi connectivity index (χ0) is 31.2. The summed E-state index contributed by atoms with van der Waals surface area (Å²) < 4.78 is 29.6. The van der Waals surface area contributed by atoms with E-state index in [0.717, 1.165) is 36.1 Å². The van der Waals surface area contributed by atoms with Crippen molar-refractivity contribution in [1.29, 1.82) is 0 Å². The van der Waals surface area contributed by atoms with Gasteiger partial charge in [0.15, 0.2) is 0 Å². The van der Waals surface area contributed by atoms with Crippen molar-refractivity contribution in [3.63, 3.8) is 0 Å². The fourth-order valence-electron chi connectivity index (χ4n) is 5.45. The minimum absolute atomic E-state index is 0.0429. The van der Waals surface area contributed by atoms with Crippen LogP contribution in [0.3, 0.4) is 0 Å². The van der Waals surface area contributed by atoms with E-state index in [-0.39, 0.29) is 11.1 Å². The van der Waals surface area contributed by atoms with Crippen LogP contribution in [0.1, 0.15) is 150 Å². The van der Waals surface area contributed by atoms with E-state index < -0.39 is 11.6 Å². The Hall–Kier alpha value is -3.36. The van der Waals surface area contributed by atoms with Gasteiger partial charge in [0, 0.05) is 11.1 Å². The number of aryl methyl sites for hydroxylation is 2. The predicted molar refractivity (Wildman–Crippen MR) is 184 cm³/mol. The fraction of sp³-hybridized carbons (Fsp3) is 0.476. The molecule has 0 bridgehead atoms. The van der Waals surface area contributed by atoms with Crippen molar-refractivity contribution in [2.24, 2.45) is 0 Å². The summed E-state index contributed by atoms with van der Waals surface area (Å²) in [5.41, 5.74) is 4.25. The Kier molecular flexibility index (Phi) is 17.0. The highest BCUT2D eigenvalue weighted by molar-refractivity contribution is 5.49. The maximum absolute atomic E-state index is 14.8. The normalized spacial score (nSPS) is 10.6. The van der Waals surface area contributed by atoms with Gasteiger partial charge < -0.3 is 0 Å². The Bertz CT molecular complexity index is 1240. The van der Waals surface area contributed by atoms with E-state index in [9.17, 15) is 8.78 Å². The van der Waals surface area contributed by atoms with Gasteiger partial charge in [-0.2, -0.15) is 0 Å². The molecule has 0 unspecified atom stereocenters. The Morgan fingerprint density at radius 1 is 0.409 bits per heavy atom. The van der Waals surface area contributed by atoms with Crippen LogP contribution in [0, 0.1) is 35.3 Å². The minimum Gasteiger partial charge on any atom is -0.206 e.